The lowest BCUT2D eigenvalue weighted by atomic mass is 9.71. The molecule has 3 aliphatic heterocycles. The summed E-state index contributed by atoms with van der Waals surface area (Å²) in [5.41, 5.74) is 0.528. The van der Waals surface area contributed by atoms with E-state index in [1.54, 1.807) is 24.3 Å². The standard InChI is InChI=1S/C25H30ClF3N4O5S/c1-39(37,38)20(27)11-17(9-14-7-8-30-23(14)35)32-24(36)22-19-6-5-18(12-25(19,28)29)33(22)21(34)13-31-16-4-2-3-15(26)10-16/h2-4,10-11,14,17-19,22,31H,5-9,12-13H2,1H3,(H,30,35)(H,32,36)/b20-11+/t14-,17+,18-,19-,22+/m0/s1. The first-order valence-electron chi connectivity index (χ1n) is 12.6. The number of benzene rings is 1. The number of fused-ring (bicyclic) bond motifs is 3. The maximum absolute atomic E-state index is 15.0. The van der Waals surface area contributed by atoms with Gasteiger partial charge in [-0.3, -0.25) is 14.4 Å². The van der Waals surface area contributed by atoms with Crippen molar-refractivity contribution >= 4 is 44.8 Å². The highest BCUT2D eigenvalue weighted by atomic mass is 35.5. The van der Waals surface area contributed by atoms with Crippen molar-refractivity contribution in [1.82, 2.24) is 15.5 Å². The van der Waals surface area contributed by atoms with Crippen molar-refractivity contribution in [3.8, 4) is 0 Å². The van der Waals surface area contributed by atoms with E-state index in [0.29, 0.717) is 42.4 Å². The van der Waals surface area contributed by atoms with Crippen LogP contribution in [0.15, 0.2) is 35.5 Å². The molecule has 0 spiro atoms. The van der Waals surface area contributed by atoms with E-state index in [1.807, 2.05) is 0 Å². The monoisotopic (exact) mass is 590 g/mol. The van der Waals surface area contributed by atoms with Gasteiger partial charge in [0.15, 0.2) is 0 Å². The van der Waals surface area contributed by atoms with E-state index in [2.05, 4.69) is 16.0 Å². The Hall–Kier alpha value is -2.80. The third kappa shape index (κ3) is 6.68. The highest BCUT2D eigenvalue weighted by Gasteiger charge is 2.60. The molecule has 0 radical (unpaired) electrons. The Morgan fingerprint density at radius 2 is 2.03 bits per heavy atom. The molecule has 4 aliphatic rings. The number of carbonyl (C=O) groups is 3. The second kappa shape index (κ2) is 11.4. The first kappa shape index (κ1) is 29.2. The van der Waals surface area contributed by atoms with Gasteiger partial charge in [0.1, 0.15) is 6.04 Å². The van der Waals surface area contributed by atoms with Gasteiger partial charge in [-0.15, -0.1) is 0 Å². The van der Waals surface area contributed by atoms with Crippen LogP contribution in [0, 0.1) is 11.8 Å². The first-order chi connectivity index (χ1) is 18.3. The van der Waals surface area contributed by atoms with Crippen LogP contribution in [-0.4, -0.2) is 74.4 Å². The molecule has 5 atom stereocenters. The Bertz CT molecular complexity index is 1280. The number of alkyl halides is 2. The van der Waals surface area contributed by atoms with Gasteiger partial charge in [-0.2, -0.15) is 4.39 Å². The normalized spacial score (nSPS) is 27.2. The number of hydrogen-bond acceptors (Lipinski definition) is 6. The first-order valence-corrected chi connectivity index (χ1v) is 14.9. The van der Waals surface area contributed by atoms with Gasteiger partial charge in [-0.25, -0.2) is 17.2 Å². The largest absolute Gasteiger partial charge is 0.376 e. The summed E-state index contributed by atoms with van der Waals surface area (Å²) in [6.07, 6.45) is 1.27. The predicted octanol–water partition coefficient (Wildman–Crippen LogP) is 2.63. The minimum absolute atomic E-state index is 0.00446. The molecule has 14 heteroatoms. The molecule has 3 saturated heterocycles. The molecule has 1 aromatic carbocycles. The minimum Gasteiger partial charge on any atom is -0.376 e. The Labute approximate surface area is 229 Å². The number of nitrogens with zero attached hydrogens (tertiary/aromatic N) is 1. The van der Waals surface area contributed by atoms with Crippen molar-refractivity contribution in [2.75, 3.05) is 24.7 Å². The molecule has 0 unspecified atom stereocenters. The highest BCUT2D eigenvalue weighted by Crippen LogP contribution is 2.49. The summed E-state index contributed by atoms with van der Waals surface area (Å²) in [4.78, 5) is 40.1. The van der Waals surface area contributed by atoms with Crippen LogP contribution < -0.4 is 16.0 Å². The molecule has 4 fully saturated rings. The molecule has 214 valence electrons. The van der Waals surface area contributed by atoms with Gasteiger partial charge in [0.2, 0.25) is 32.7 Å². The van der Waals surface area contributed by atoms with Crippen LogP contribution in [-0.2, 0) is 24.2 Å². The van der Waals surface area contributed by atoms with Gasteiger partial charge in [0.05, 0.1) is 18.5 Å². The van der Waals surface area contributed by atoms with Crippen LogP contribution in [0.2, 0.25) is 5.02 Å². The third-order valence-electron chi connectivity index (χ3n) is 7.48. The van der Waals surface area contributed by atoms with Gasteiger partial charge >= 0.3 is 0 Å². The molecular weight excluding hydrogens is 561 g/mol. The molecule has 3 heterocycles. The van der Waals surface area contributed by atoms with Gasteiger partial charge in [0, 0.05) is 41.9 Å². The molecule has 3 amide bonds. The molecule has 0 aromatic heterocycles. The zero-order valence-corrected chi connectivity index (χ0v) is 22.7. The quantitative estimate of drug-likeness (QED) is 0.406. The van der Waals surface area contributed by atoms with Crippen LogP contribution in [0.5, 0.6) is 0 Å². The lowest BCUT2D eigenvalue weighted by molar-refractivity contribution is -0.193. The van der Waals surface area contributed by atoms with Crippen molar-refractivity contribution < 1.29 is 36.0 Å². The molecule has 1 aliphatic carbocycles. The Morgan fingerprint density at radius 3 is 2.64 bits per heavy atom. The van der Waals surface area contributed by atoms with Gasteiger partial charge < -0.3 is 20.9 Å². The van der Waals surface area contributed by atoms with Gasteiger partial charge in [-0.05, 0) is 50.0 Å². The number of hydrogen-bond donors (Lipinski definition) is 3. The van der Waals surface area contributed by atoms with Crippen molar-refractivity contribution in [2.24, 2.45) is 11.8 Å². The predicted molar refractivity (Wildman–Crippen MR) is 138 cm³/mol. The van der Waals surface area contributed by atoms with Crippen LogP contribution in [0.25, 0.3) is 0 Å². The van der Waals surface area contributed by atoms with E-state index in [9.17, 15) is 36.0 Å². The van der Waals surface area contributed by atoms with E-state index in [4.69, 9.17) is 11.6 Å². The fraction of sp³-hybridized carbons (Fsp3) is 0.560. The topological polar surface area (TPSA) is 125 Å². The maximum atomic E-state index is 15.0. The summed E-state index contributed by atoms with van der Waals surface area (Å²) >= 11 is 5.97. The third-order valence-corrected chi connectivity index (χ3v) is 8.56. The Morgan fingerprint density at radius 1 is 1.28 bits per heavy atom. The molecule has 1 aromatic rings. The molecule has 1 saturated carbocycles. The van der Waals surface area contributed by atoms with E-state index < -0.39 is 69.1 Å². The van der Waals surface area contributed by atoms with E-state index in [0.717, 1.165) is 4.90 Å². The fourth-order valence-corrected chi connectivity index (χ4v) is 6.23. The number of anilines is 1. The zero-order chi connectivity index (χ0) is 28.5. The van der Waals surface area contributed by atoms with Crippen molar-refractivity contribution in [3.05, 3.63) is 40.5 Å². The van der Waals surface area contributed by atoms with Gasteiger partial charge in [0.25, 0.3) is 5.92 Å². The molecule has 3 N–H and O–H groups in total. The van der Waals surface area contributed by atoms with Gasteiger partial charge in [-0.1, -0.05) is 17.7 Å². The number of amides is 3. The number of rotatable bonds is 9. The highest BCUT2D eigenvalue weighted by molar-refractivity contribution is 7.94. The molecular formula is C25H30ClF3N4O5S. The second-order valence-corrected chi connectivity index (χ2v) is 12.7. The number of sulfone groups is 1. The van der Waals surface area contributed by atoms with Crippen LogP contribution >= 0.6 is 11.6 Å². The number of carbonyl (C=O) groups excluding carboxylic acids is 3. The van der Waals surface area contributed by atoms with Crippen molar-refractivity contribution in [3.63, 3.8) is 0 Å². The summed E-state index contributed by atoms with van der Waals surface area (Å²) in [6, 6.07) is 2.84. The smallest absolute Gasteiger partial charge is 0.255 e. The SMILES string of the molecule is CS(=O)(=O)/C(F)=C/[C@@H](C[C@@H]1CCNC1=O)NC(=O)[C@H]1[C@@H]2CC[C@@H](CC2(F)F)N1C(=O)CNc1cccc(Cl)c1. The van der Waals surface area contributed by atoms with Crippen LogP contribution in [0.3, 0.4) is 0 Å². The Balaban J connectivity index is 1.58. The van der Waals surface area contributed by atoms with Crippen LogP contribution in [0.4, 0.5) is 18.9 Å². The number of nitrogens with one attached hydrogen (secondary N) is 3. The van der Waals surface area contributed by atoms with E-state index in [1.165, 1.54) is 0 Å². The van der Waals surface area contributed by atoms with Crippen LogP contribution in [0.1, 0.15) is 32.1 Å². The minimum atomic E-state index is -4.25. The zero-order valence-electron chi connectivity index (χ0n) is 21.1. The second-order valence-electron chi connectivity index (χ2n) is 10.3. The fourth-order valence-electron chi connectivity index (χ4n) is 5.63. The van der Waals surface area contributed by atoms with E-state index >= 15 is 0 Å². The van der Waals surface area contributed by atoms with Crippen molar-refractivity contribution in [2.45, 2.75) is 56.2 Å². The lowest BCUT2D eigenvalue weighted by Crippen LogP contribution is -2.69. The average Bonchev–Trinajstić information content (AvgIpc) is 3.25. The molecule has 5 rings (SSSR count). The average molecular weight is 591 g/mol. The lowest BCUT2D eigenvalue weighted by Gasteiger charge is -2.53. The number of halogens is 4. The summed E-state index contributed by atoms with van der Waals surface area (Å²) < 4.78 is 67.7. The summed E-state index contributed by atoms with van der Waals surface area (Å²) in [5.74, 6) is -7.20. The number of piperidine rings is 2. The summed E-state index contributed by atoms with van der Waals surface area (Å²) in [7, 11) is -4.25. The van der Waals surface area contributed by atoms with Crippen molar-refractivity contribution in [1.29, 1.82) is 0 Å². The molecule has 9 nitrogen and oxygen atoms in total. The Kier molecular flexibility index (Phi) is 8.50. The molecule has 39 heavy (non-hydrogen) atoms. The maximum Gasteiger partial charge on any atom is 0.255 e. The summed E-state index contributed by atoms with van der Waals surface area (Å²) in [6.45, 7) is 0.0795. The summed E-state index contributed by atoms with van der Waals surface area (Å²) in [5, 5.41) is 6.88. The van der Waals surface area contributed by atoms with E-state index in [-0.39, 0.29) is 25.3 Å². The molecule has 2 bridgehead atoms.